The summed E-state index contributed by atoms with van der Waals surface area (Å²) in [7, 11) is 0. The number of fused-ring (bicyclic) bond motifs is 4. The van der Waals surface area contributed by atoms with Crippen LogP contribution in [0.2, 0.25) is 0 Å². The smallest absolute Gasteiger partial charge is 0.0543 e. The fraction of sp³-hybridized carbons (Fsp3) is 0.0370. The van der Waals surface area contributed by atoms with E-state index in [9.17, 15) is 0 Å². The van der Waals surface area contributed by atoms with Crippen molar-refractivity contribution in [2.24, 2.45) is 0 Å². The molecule has 0 fully saturated rings. The predicted octanol–water partition coefficient (Wildman–Crippen LogP) is 14.6. The van der Waals surface area contributed by atoms with Crippen molar-refractivity contribution in [2.45, 2.75) is 12.3 Å². The van der Waals surface area contributed by atoms with E-state index in [1.807, 2.05) is 0 Å². The summed E-state index contributed by atoms with van der Waals surface area (Å²) in [6, 6.07) is 79.7. The SMILES string of the molecule is CC1(c2ccccc2)c2ccccc2-c2c(N(c3ccc(-c4cccc5ccccc45)cc3)c3ccccc3-c3cccc(-c4ccccc4)c3)cccc21. The molecule has 0 spiro atoms. The molecule has 260 valence electrons. The largest absolute Gasteiger partial charge is 0.309 e. The lowest BCUT2D eigenvalue weighted by molar-refractivity contribution is 0.714. The van der Waals surface area contributed by atoms with Crippen molar-refractivity contribution in [1.82, 2.24) is 0 Å². The Balaban J connectivity index is 1.20. The van der Waals surface area contributed by atoms with Crippen LogP contribution in [0.3, 0.4) is 0 Å². The van der Waals surface area contributed by atoms with Gasteiger partial charge in [0.15, 0.2) is 0 Å². The van der Waals surface area contributed by atoms with Gasteiger partial charge in [0.2, 0.25) is 0 Å². The highest BCUT2D eigenvalue weighted by Gasteiger charge is 2.42. The maximum absolute atomic E-state index is 2.49. The lowest BCUT2D eigenvalue weighted by Crippen LogP contribution is -2.22. The van der Waals surface area contributed by atoms with Crippen LogP contribution in [0.25, 0.3) is 55.3 Å². The van der Waals surface area contributed by atoms with E-state index < -0.39 is 0 Å². The van der Waals surface area contributed by atoms with E-state index in [0.717, 1.165) is 17.1 Å². The highest BCUT2D eigenvalue weighted by atomic mass is 15.1. The summed E-state index contributed by atoms with van der Waals surface area (Å²) in [5.74, 6) is 0. The highest BCUT2D eigenvalue weighted by Crippen LogP contribution is 2.57. The van der Waals surface area contributed by atoms with Crippen LogP contribution < -0.4 is 4.90 Å². The van der Waals surface area contributed by atoms with Crippen LogP contribution in [0.1, 0.15) is 23.6 Å². The van der Waals surface area contributed by atoms with Gasteiger partial charge in [-0.3, -0.25) is 0 Å². The number of anilines is 3. The molecule has 1 heteroatoms. The molecule has 1 aliphatic rings. The van der Waals surface area contributed by atoms with Gasteiger partial charge in [-0.15, -0.1) is 0 Å². The molecule has 0 saturated heterocycles. The van der Waals surface area contributed by atoms with Crippen LogP contribution in [0.5, 0.6) is 0 Å². The minimum atomic E-state index is -0.309. The van der Waals surface area contributed by atoms with Crippen LogP contribution in [0.15, 0.2) is 218 Å². The van der Waals surface area contributed by atoms with Crippen LogP contribution in [-0.2, 0) is 5.41 Å². The van der Waals surface area contributed by atoms with E-state index in [4.69, 9.17) is 0 Å². The zero-order valence-corrected chi connectivity index (χ0v) is 30.7. The number of para-hydroxylation sites is 1. The van der Waals surface area contributed by atoms with Crippen LogP contribution in [-0.4, -0.2) is 0 Å². The molecule has 1 atom stereocenters. The second kappa shape index (κ2) is 13.5. The molecular formula is C54H39N. The van der Waals surface area contributed by atoms with Crippen LogP contribution in [0, 0.1) is 0 Å². The fourth-order valence-corrected chi connectivity index (χ4v) is 8.88. The lowest BCUT2D eigenvalue weighted by atomic mass is 9.74. The molecule has 0 bridgehead atoms. The number of benzene rings is 9. The zero-order chi connectivity index (χ0) is 36.8. The molecule has 0 N–H and O–H groups in total. The van der Waals surface area contributed by atoms with E-state index in [-0.39, 0.29) is 5.41 Å². The first-order chi connectivity index (χ1) is 27.2. The molecule has 0 heterocycles. The summed E-state index contributed by atoms with van der Waals surface area (Å²) in [5.41, 5.74) is 16.8. The van der Waals surface area contributed by atoms with Crippen molar-refractivity contribution in [3.63, 3.8) is 0 Å². The zero-order valence-electron chi connectivity index (χ0n) is 30.7. The summed E-state index contributed by atoms with van der Waals surface area (Å²) < 4.78 is 0. The van der Waals surface area contributed by atoms with Crippen LogP contribution in [0.4, 0.5) is 17.1 Å². The van der Waals surface area contributed by atoms with Gasteiger partial charge in [0.1, 0.15) is 0 Å². The Morgan fingerprint density at radius 3 is 1.76 bits per heavy atom. The summed E-state index contributed by atoms with van der Waals surface area (Å²) in [5, 5.41) is 2.51. The summed E-state index contributed by atoms with van der Waals surface area (Å²) >= 11 is 0. The van der Waals surface area contributed by atoms with Crippen molar-refractivity contribution >= 4 is 27.8 Å². The van der Waals surface area contributed by atoms with Gasteiger partial charge < -0.3 is 4.90 Å². The van der Waals surface area contributed by atoms with Crippen molar-refractivity contribution in [3.05, 3.63) is 235 Å². The Kier molecular flexibility index (Phi) is 8.00. The highest BCUT2D eigenvalue weighted by molar-refractivity contribution is 6.00. The Labute approximate surface area is 323 Å². The first-order valence-electron chi connectivity index (χ1n) is 19.1. The minimum absolute atomic E-state index is 0.309. The summed E-state index contributed by atoms with van der Waals surface area (Å²) in [6.07, 6.45) is 0. The first-order valence-corrected chi connectivity index (χ1v) is 19.1. The van der Waals surface area contributed by atoms with Gasteiger partial charge in [0.25, 0.3) is 0 Å². The van der Waals surface area contributed by atoms with Crippen molar-refractivity contribution in [2.75, 3.05) is 4.90 Å². The van der Waals surface area contributed by atoms with Crippen molar-refractivity contribution in [1.29, 1.82) is 0 Å². The molecule has 0 saturated carbocycles. The number of rotatable bonds is 7. The normalized spacial score (nSPS) is 14.3. The van der Waals surface area contributed by atoms with Gasteiger partial charge in [0.05, 0.1) is 11.4 Å². The van der Waals surface area contributed by atoms with E-state index in [2.05, 4.69) is 230 Å². The Hall–Kier alpha value is -6.96. The third kappa shape index (κ3) is 5.47. The monoisotopic (exact) mass is 701 g/mol. The molecule has 0 radical (unpaired) electrons. The van der Waals surface area contributed by atoms with Gasteiger partial charge in [-0.25, -0.2) is 0 Å². The lowest BCUT2D eigenvalue weighted by Gasteiger charge is -2.31. The molecule has 55 heavy (non-hydrogen) atoms. The molecule has 9 aromatic rings. The third-order valence-corrected chi connectivity index (χ3v) is 11.6. The average molecular weight is 702 g/mol. The van der Waals surface area contributed by atoms with Gasteiger partial charge in [-0.05, 0) is 98.1 Å². The van der Waals surface area contributed by atoms with E-state index in [1.54, 1.807) is 0 Å². The topological polar surface area (TPSA) is 3.24 Å². The van der Waals surface area contributed by atoms with Crippen LogP contribution >= 0.6 is 0 Å². The predicted molar refractivity (Wildman–Crippen MR) is 232 cm³/mol. The quantitative estimate of drug-likeness (QED) is 0.160. The summed E-state index contributed by atoms with van der Waals surface area (Å²) in [4.78, 5) is 2.49. The average Bonchev–Trinajstić information content (AvgIpc) is 3.54. The molecule has 0 amide bonds. The van der Waals surface area contributed by atoms with Gasteiger partial charge in [0, 0.05) is 22.2 Å². The minimum Gasteiger partial charge on any atom is -0.309 e. The third-order valence-electron chi connectivity index (χ3n) is 11.6. The Morgan fingerprint density at radius 1 is 0.364 bits per heavy atom. The van der Waals surface area contributed by atoms with Gasteiger partial charge >= 0.3 is 0 Å². The van der Waals surface area contributed by atoms with Gasteiger partial charge in [-0.1, -0.05) is 188 Å². The summed E-state index contributed by atoms with van der Waals surface area (Å²) in [6.45, 7) is 2.39. The van der Waals surface area contributed by atoms with E-state index in [0.29, 0.717) is 0 Å². The van der Waals surface area contributed by atoms with Crippen molar-refractivity contribution < 1.29 is 0 Å². The molecule has 0 aromatic heterocycles. The molecule has 10 rings (SSSR count). The fourth-order valence-electron chi connectivity index (χ4n) is 8.88. The maximum atomic E-state index is 2.49. The number of hydrogen-bond donors (Lipinski definition) is 0. The van der Waals surface area contributed by atoms with Gasteiger partial charge in [-0.2, -0.15) is 0 Å². The Bertz CT molecular complexity index is 2810. The standard InChI is InChI=1S/C54H39N/c1-54(43-23-6-3-7-24-43)49-29-12-10-27-48(49)53-50(54)30-16-32-52(53)55(44-35-33-40(34-36-44)46-28-15-20-39-19-8-9-25-45(39)46)51-31-13-11-26-47(51)42-22-14-21-41(37-42)38-17-4-2-5-18-38/h2-37H,1H3. The van der Waals surface area contributed by atoms with Crippen molar-refractivity contribution in [3.8, 4) is 44.5 Å². The van der Waals surface area contributed by atoms with E-state index in [1.165, 1.54) is 72.0 Å². The molecular weight excluding hydrogens is 663 g/mol. The maximum Gasteiger partial charge on any atom is 0.0543 e. The first kappa shape index (κ1) is 32.7. The Morgan fingerprint density at radius 2 is 0.927 bits per heavy atom. The molecule has 0 aliphatic heterocycles. The molecule has 1 aliphatic carbocycles. The number of hydrogen-bond acceptors (Lipinski definition) is 1. The van der Waals surface area contributed by atoms with E-state index >= 15 is 0 Å². The molecule has 1 unspecified atom stereocenters. The molecule has 9 aromatic carbocycles. The number of nitrogens with zero attached hydrogens (tertiary/aromatic N) is 1. The second-order valence-corrected chi connectivity index (χ2v) is 14.6. The molecule has 1 nitrogen and oxygen atoms in total. The second-order valence-electron chi connectivity index (χ2n) is 14.6.